The van der Waals surface area contributed by atoms with Crippen LogP contribution >= 0.6 is 0 Å². The Kier molecular flexibility index (Phi) is 4.83. The van der Waals surface area contributed by atoms with Crippen molar-refractivity contribution >= 4 is 23.5 Å². The van der Waals surface area contributed by atoms with E-state index in [1.165, 1.54) is 4.68 Å². The van der Waals surface area contributed by atoms with Crippen molar-refractivity contribution in [1.82, 2.24) is 15.1 Å². The van der Waals surface area contributed by atoms with Crippen molar-refractivity contribution in [3.05, 3.63) is 35.0 Å². The Hall–Kier alpha value is -3.03. The first-order valence-electron chi connectivity index (χ1n) is 8.61. The van der Waals surface area contributed by atoms with Crippen LogP contribution in [-0.2, 0) is 4.74 Å². The molecule has 8 heteroatoms. The number of carbonyl (C=O) groups excluding carboxylic acids is 2. The lowest BCUT2D eigenvalue weighted by Gasteiger charge is -2.12. The monoisotopic (exact) mass is 357 g/mol. The van der Waals surface area contributed by atoms with Gasteiger partial charge in [-0.1, -0.05) is 6.07 Å². The average molecular weight is 357 g/mol. The highest BCUT2D eigenvalue weighted by molar-refractivity contribution is 5.96. The number of nitrogens with one attached hydrogen (secondary N) is 2. The summed E-state index contributed by atoms with van der Waals surface area (Å²) < 4.78 is 6.55. The van der Waals surface area contributed by atoms with Gasteiger partial charge in [0.05, 0.1) is 18.0 Å². The number of urea groups is 1. The Morgan fingerprint density at radius 2 is 2.08 bits per heavy atom. The Morgan fingerprint density at radius 3 is 2.73 bits per heavy atom. The second-order valence-corrected chi connectivity index (χ2v) is 6.35. The molecule has 1 aromatic heterocycles. The molecule has 1 aliphatic carbocycles. The van der Waals surface area contributed by atoms with E-state index in [0.29, 0.717) is 17.1 Å². The molecular formula is C18H23N5O3. The molecule has 0 saturated heterocycles. The minimum atomic E-state index is -0.496. The van der Waals surface area contributed by atoms with Crippen LogP contribution in [0.4, 0.5) is 16.3 Å². The van der Waals surface area contributed by atoms with Gasteiger partial charge in [-0.2, -0.15) is 5.10 Å². The molecule has 0 radical (unpaired) electrons. The third-order valence-corrected chi connectivity index (χ3v) is 4.18. The Bertz CT molecular complexity index is 855. The number of nitrogen functional groups attached to an aromatic ring is 1. The number of carbonyl (C=O) groups is 2. The van der Waals surface area contributed by atoms with E-state index in [0.717, 1.165) is 18.4 Å². The summed E-state index contributed by atoms with van der Waals surface area (Å²) in [6.07, 6.45) is 2.04. The predicted molar refractivity (Wildman–Crippen MR) is 98.6 cm³/mol. The number of benzene rings is 1. The standard InChI is InChI=1S/C18H23N5O3/c1-4-26-17(24)15-11(3)22-23(16(15)19)14-9-13(6-5-10(14)2)21-18(25)20-12-7-8-12/h5-6,9,12H,4,7-8,19H2,1-3H3,(H2,20,21,25). The van der Waals surface area contributed by atoms with Crippen LogP contribution in [0.5, 0.6) is 0 Å². The third kappa shape index (κ3) is 3.63. The summed E-state index contributed by atoms with van der Waals surface area (Å²) >= 11 is 0. The van der Waals surface area contributed by atoms with Crippen molar-refractivity contribution in [3.63, 3.8) is 0 Å². The molecule has 1 aromatic carbocycles. The van der Waals surface area contributed by atoms with Gasteiger partial charge < -0.3 is 21.1 Å². The number of hydrogen-bond acceptors (Lipinski definition) is 5. The van der Waals surface area contributed by atoms with Gasteiger partial charge in [-0.3, -0.25) is 0 Å². The summed E-state index contributed by atoms with van der Waals surface area (Å²) in [5.74, 6) is -0.284. The maximum atomic E-state index is 12.1. The lowest BCUT2D eigenvalue weighted by molar-refractivity contribution is 0.0527. The van der Waals surface area contributed by atoms with Crippen molar-refractivity contribution in [2.24, 2.45) is 0 Å². The number of nitrogens with zero attached hydrogens (tertiary/aromatic N) is 2. The fourth-order valence-corrected chi connectivity index (χ4v) is 2.68. The van der Waals surface area contributed by atoms with Crippen LogP contribution in [-0.4, -0.2) is 34.4 Å². The van der Waals surface area contributed by atoms with Gasteiger partial charge in [0.2, 0.25) is 0 Å². The SMILES string of the molecule is CCOC(=O)c1c(C)nn(-c2cc(NC(=O)NC3CC3)ccc2C)c1N. The number of hydrogen-bond donors (Lipinski definition) is 3. The van der Waals surface area contributed by atoms with Crippen molar-refractivity contribution < 1.29 is 14.3 Å². The topological polar surface area (TPSA) is 111 Å². The summed E-state index contributed by atoms with van der Waals surface area (Å²) in [5, 5.41) is 10.1. The molecule has 26 heavy (non-hydrogen) atoms. The molecule has 2 aromatic rings. The molecule has 1 aliphatic rings. The van der Waals surface area contributed by atoms with Gasteiger partial charge in [0.1, 0.15) is 11.4 Å². The molecule has 1 saturated carbocycles. The van der Waals surface area contributed by atoms with Crippen LogP contribution in [0.15, 0.2) is 18.2 Å². The van der Waals surface area contributed by atoms with E-state index in [2.05, 4.69) is 15.7 Å². The zero-order valence-electron chi connectivity index (χ0n) is 15.1. The van der Waals surface area contributed by atoms with Crippen LogP contribution < -0.4 is 16.4 Å². The van der Waals surface area contributed by atoms with Crippen LogP contribution in [0.25, 0.3) is 5.69 Å². The highest BCUT2D eigenvalue weighted by atomic mass is 16.5. The quantitative estimate of drug-likeness (QED) is 0.712. The summed E-state index contributed by atoms with van der Waals surface area (Å²) in [4.78, 5) is 24.1. The van der Waals surface area contributed by atoms with Crippen molar-refractivity contribution in [2.75, 3.05) is 17.7 Å². The molecule has 3 rings (SSSR count). The highest BCUT2D eigenvalue weighted by Crippen LogP contribution is 2.26. The minimum absolute atomic E-state index is 0.212. The van der Waals surface area contributed by atoms with E-state index in [1.54, 1.807) is 19.9 Å². The first-order chi connectivity index (χ1) is 12.4. The van der Waals surface area contributed by atoms with Crippen LogP contribution in [0.3, 0.4) is 0 Å². The molecule has 1 heterocycles. The van der Waals surface area contributed by atoms with E-state index < -0.39 is 5.97 Å². The molecule has 0 aliphatic heterocycles. The number of aryl methyl sites for hydroxylation is 2. The zero-order chi connectivity index (χ0) is 18.8. The summed E-state index contributed by atoms with van der Waals surface area (Å²) in [6.45, 7) is 5.61. The van der Waals surface area contributed by atoms with Crippen LogP contribution in [0.1, 0.15) is 41.4 Å². The molecule has 0 spiro atoms. The molecule has 4 N–H and O–H groups in total. The largest absolute Gasteiger partial charge is 0.462 e. The van der Waals surface area contributed by atoms with E-state index >= 15 is 0 Å². The maximum absolute atomic E-state index is 12.1. The predicted octanol–water partition coefficient (Wildman–Crippen LogP) is 2.53. The molecule has 0 unspecified atom stereocenters. The first kappa shape index (κ1) is 17.8. The number of rotatable bonds is 5. The molecule has 138 valence electrons. The van der Waals surface area contributed by atoms with Gasteiger partial charge in [-0.25, -0.2) is 14.3 Å². The number of anilines is 2. The molecular weight excluding hydrogens is 334 g/mol. The summed E-state index contributed by atoms with van der Waals surface area (Å²) in [5.41, 5.74) is 9.12. The van der Waals surface area contributed by atoms with Crippen molar-refractivity contribution in [1.29, 1.82) is 0 Å². The van der Waals surface area contributed by atoms with Gasteiger partial charge in [-0.05, 0) is 51.3 Å². The highest BCUT2D eigenvalue weighted by Gasteiger charge is 2.24. The molecule has 8 nitrogen and oxygen atoms in total. The second kappa shape index (κ2) is 7.07. The lowest BCUT2D eigenvalue weighted by Crippen LogP contribution is -2.30. The normalized spacial score (nSPS) is 13.3. The maximum Gasteiger partial charge on any atom is 0.343 e. The van der Waals surface area contributed by atoms with Gasteiger partial charge >= 0.3 is 12.0 Å². The smallest absolute Gasteiger partial charge is 0.343 e. The molecule has 2 amide bonds. The average Bonchev–Trinajstić information content (AvgIpc) is 3.33. The third-order valence-electron chi connectivity index (χ3n) is 4.18. The Morgan fingerprint density at radius 1 is 1.35 bits per heavy atom. The number of aromatic nitrogens is 2. The number of nitrogens with two attached hydrogens (primary N) is 1. The number of esters is 1. The van der Waals surface area contributed by atoms with E-state index in [9.17, 15) is 9.59 Å². The lowest BCUT2D eigenvalue weighted by atomic mass is 10.1. The zero-order valence-corrected chi connectivity index (χ0v) is 15.1. The fourth-order valence-electron chi connectivity index (χ4n) is 2.68. The van der Waals surface area contributed by atoms with Gasteiger partial charge in [-0.15, -0.1) is 0 Å². The first-order valence-corrected chi connectivity index (χ1v) is 8.61. The Labute approximate surface area is 151 Å². The number of amides is 2. The molecule has 1 fully saturated rings. The van der Waals surface area contributed by atoms with Crippen molar-refractivity contribution in [3.8, 4) is 5.69 Å². The van der Waals surface area contributed by atoms with Crippen molar-refractivity contribution in [2.45, 2.75) is 39.7 Å². The van der Waals surface area contributed by atoms with E-state index in [1.807, 2.05) is 19.1 Å². The Balaban J connectivity index is 1.91. The number of ether oxygens (including phenoxy) is 1. The summed E-state index contributed by atoms with van der Waals surface area (Å²) in [7, 11) is 0. The fraction of sp³-hybridized carbons (Fsp3) is 0.389. The van der Waals surface area contributed by atoms with Crippen LogP contribution in [0.2, 0.25) is 0 Å². The van der Waals surface area contributed by atoms with E-state index in [-0.39, 0.29) is 30.1 Å². The van der Waals surface area contributed by atoms with Gasteiger partial charge in [0, 0.05) is 11.7 Å². The molecule has 0 atom stereocenters. The van der Waals surface area contributed by atoms with Gasteiger partial charge in [0.15, 0.2) is 0 Å². The second-order valence-electron chi connectivity index (χ2n) is 6.35. The van der Waals surface area contributed by atoms with E-state index in [4.69, 9.17) is 10.5 Å². The minimum Gasteiger partial charge on any atom is -0.462 e. The van der Waals surface area contributed by atoms with Crippen LogP contribution in [0, 0.1) is 13.8 Å². The summed E-state index contributed by atoms with van der Waals surface area (Å²) in [6, 6.07) is 5.49. The molecule has 0 bridgehead atoms. The van der Waals surface area contributed by atoms with Gasteiger partial charge in [0.25, 0.3) is 0 Å².